The Kier molecular flexibility index (Phi) is 7.86. The summed E-state index contributed by atoms with van der Waals surface area (Å²) in [4.78, 5) is 22.7. The molecular weight excluding hydrogens is 426 g/mol. The number of para-hydroxylation sites is 2. The van der Waals surface area contributed by atoms with E-state index < -0.39 is 28.3 Å². The molecule has 3 rings (SSSR count). The van der Waals surface area contributed by atoms with Gasteiger partial charge in [-0.2, -0.15) is 4.57 Å². The van der Waals surface area contributed by atoms with Crippen LogP contribution in [-0.2, 0) is 31.2 Å². The summed E-state index contributed by atoms with van der Waals surface area (Å²) in [6.45, 7) is 0. The van der Waals surface area contributed by atoms with Crippen molar-refractivity contribution in [1.82, 2.24) is 0 Å². The molecule has 0 radical (unpaired) electrons. The van der Waals surface area contributed by atoms with Crippen LogP contribution in [0.5, 0.6) is 0 Å². The molecule has 1 unspecified atom stereocenters. The number of primary amides is 1. The zero-order chi connectivity index (χ0) is 23.2. The van der Waals surface area contributed by atoms with E-state index in [0.29, 0.717) is 0 Å². The van der Waals surface area contributed by atoms with Crippen LogP contribution in [-0.4, -0.2) is 43.1 Å². The van der Waals surface area contributed by atoms with Crippen LogP contribution in [0.25, 0.3) is 21.8 Å². The summed E-state index contributed by atoms with van der Waals surface area (Å²) in [5, 5.41) is 14.5. The summed E-state index contributed by atoms with van der Waals surface area (Å²) in [5.74, 6) is -1.52. The van der Waals surface area contributed by atoms with Gasteiger partial charge in [0.1, 0.15) is 13.1 Å². The van der Waals surface area contributed by atoms with E-state index in [1.165, 1.54) is 0 Å². The van der Waals surface area contributed by atoms with Crippen molar-refractivity contribution in [1.29, 1.82) is 0 Å². The predicted octanol–water partition coefficient (Wildman–Crippen LogP) is 1.04. The monoisotopic (exact) mass is 449 g/mol. The molecule has 0 fully saturated rings. The number of carboxylic acids is 1. The number of aromatic nitrogens is 1. The number of nitrogens with two attached hydrogens (primary N) is 1. The number of amides is 1. The van der Waals surface area contributed by atoms with Gasteiger partial charge in [-0.05, 0) is 18.6 Å². The van der Waals surface area contributed by atoms with Gasteiger partial charge in [-0.15, -0.1) is 0 Å². The second-order valence-corrected chi connectivity index (χ2v) is 7.73. The largest absolute Gasteiger partial charge is 0.726 e. The van der Waals surface area contributed by atoms with Gasteiger partial charge in [-0.3, -0.25) is 8.98 Å². The summed E-state index contributed by atoms with van der Waals surface area (Å²) in [6.07, 6.45) is 0.148. The molecule has 0 saturated heterocycles. The number of rotatable bonds is 7. The van der Waals surface area contributed by atoms with Crippen molar-refractivity contribution < 1.29 is 36.4 Å². The highest BCUT2D eigenvalue weighted by molar-refractivity contribution is 7.80. The van der Waals surface area contributed by atoms with E-state index in [9.17, 15) is 27.7 Å². The Labute approximate surface area is 179 Å². The third kappa shape index (κ3) is 6.35. The van der Waals surface area contributed by atoms with Crippen molar-refractivity contribution in [3.63, 3.8) is 0 Å². The fourth-order valence-electron chi connectivity index (χ4n) is 3.10. The fraction of sp³-hybridized carbons (Fsp3) is 0.250. The minimum atomic E-state index is -4.41. The number of pyridine rings is 1. The van der Waals surface area contributed by atoms with Crippen LogP contribution in [0.2, 0.25) is 0 Å². The molecule has 0 aliphatic rings. The first-order chi connectivity index (χ1) is 14.5. The third-order valence-corrected chi connectivity index (χ3v) is 4.98. The molecule has 31 heavy (non-hydrogen) atoms. The van der Waals surface area contributed by atoms with E-state index in [1.54, 1.807) is 0 Å². The maximum atomic E-state index is 11.6. The molecule has 1 heterocycles. The van der Waals surface area contributed by atoms with E-state index >= 15 is 0 Å². The van der Waals surface area contributed by atoms with Crippen molar-refractivity contribution in [2.45, 2.75) is 18.9 Å². The van der Waals surface area contributed by atoms with Gasteiger partial charge in [0.25, 0.3) is 0 Å². The number of carbonyl (C=O) groups excluding carboxylic acids is 1. The lowest BCUT2D eigenvalue weighted by molar-refractivity contribution is -0.617. The summed E-state index contributed by atoms with van der Waals surface area (Å²) >= 11 is 0. The standard InChI is InChI=1S/C19H19N3O3.CH4O4S/c1-22-15-8-4-2-6-12(15)18(13-7-3-5-9-16(13)22)21-14(19(24)25)10-11-17(20)23;1-5-6(2,3)4/h2-9,14H,10-11H2,1H3,(H3,20,23,24,25);1H3,(H,2,3,4). The molecule has 1 aromatic heterocycles. The first-order valence-electron chi connectivity index (χ1n) is 9.13. The van der Waals surface area contributed by atoms with Gasteiger partial charge in [0.2, 0.25) is 27.3 Å². The van der Waals surface area contributed by atoms with Gasteiger partial charge >= 0.3 is 5.97 Å². The molecule has 166 valence electrons. The quantitative estimate of drug-likeness (QED) is 0.208. The number of benzene rings is 2. The minimum Gasteiger partial charge on any atom is -0.726 e. The zero-order valence-corrected chi connectivity index (χ0v) is 17.8. The maximum absolute atomic E-state index is 11.6. The van der Waals surface area contributed by atoms with Gasteiger partial charge < -0.3 is 20.7 Å². The molecule has 0 spiro atoms. The summed E-state index contributed by atoms with van der Waals surface area (Å²) in [5.41, 5.74) is 7.90. The number of carbonyl (C=O) groups is 2. The Morgan fingerprint density at radius 3 is 1.97 bits per heavy atom. The summed E-state index contributed by atoms with van der Waals surface area (Å²) in [7, 11) is -1.62. The predicted molar refractivity (Wildman–Crippen MR) is 113 cm³/mol. The summed E-state index contributed by atoms with van der Waals surface area (Å²) < 4.78 is 33.1. The van der Waals surface area contributed by atoms with Gasteiger partial charge in [-0.1, -0.05) is 24.3 Å². The Morgan fingerprint density at radius 2 is 1.58 bits per heavy atom. The van der Waals surface area contributed by atoms with Crippen molar-refractivity contribution in [2.75, 3.05) is 12.4 Å². The average Bonchev–Trinajstić information content (AvgIpc) is 2.73. The number of fused-ring (bicyclic) bond motifs is 2. The van der Waals surface area contributed by atoms with Crippen molar-refractivity contribution >= 4 is 49.8 Å². The van der Waals surface area contributed by atoms with Crippen LogP contribution >= 0.6 is 0 Å². The molecule has 1 amide bonds. The number of nitrogens with one attached hydrogen (secondary N) is 1. The third-order valence-electron chi connectivity index (χ3n) is 4.57. The topological polar surface area (TPSA) is 163 Å². The first-order valence-corrected chi connectivity index (χ1v) is 10.5. The van der Waals surface area contributed by atoms with E-state index in [-0.39, 0.29) is 12.8 Å². The average molecular weight is 449 g/mol. The smallest absolute Gasteiger partial charge is 0.326 e. The van der Waals surface area contributed by atoms with Gasteiger partial charge in [-0.25, -0.2) is 13.2 Å². The molecule has 0 aliphatic heterocycles. The van der Waals surface area contributed by atoms with E-state index in [2.05, 4.69) is 14.1 Å². The second kappa shape index (κ2) is 10.2. The van der Waals surface area contributed by atoms with Gasteiger partial charge in [0.15, 0.2) is 0 Å². The lowest BCUT2D eigenvalue weighted by Crippen LogP contribution is -2.33. The number of hydrogen-bond donors (Lipinski definition) is 3. The zero-order valence-electron chi connectivity index (χ0n) is 16.9. The highest BCUT2D eigenvalue weighted by Crippen LogP contribution is 2.30. The number of carboxylic acid groups (broad SMARTS) is 1. The Hall–Kier alpha value is -3.28. The normalized spacial score (nSPS) is 12.1. The van der Waals surface area contributed by atoms with E-state index in [0.717, 1.165) is 34.6 Å². The summed E-state index contributed by atoms with van der Waals surface area (Å²) in [6, 6.07) is 14.7. The molecule has 1 atom stereocenters. The van der Waals surface area contributed by atoms with Crippen LogP contribution in [0.1, 0.15) is 12.8 Å². The maximum Gasteiger partial charge on any atom is 0.326 e. The molecule has 3 aromatic rings. The van der Waals surface area contributed by atoms with Crippen molar-refractivity contribution in [3.8, 4) is 0 Å². The molecule has 0 aliphatic carbocycles. The molecule has 2 aromatic carbocycles. The Morgan fingerprint density at radius 1 is 1.13 bits per heavy atom. The van der Waals surface area contributed by atoms with E-state index in [4.69, 9.17) is 5.73 Å². The highest BCUT2D eigenvalue weighted by Gasteiger charge is 2.23. The van der Waals surface area contributed by atoms with Crippen LogP contribution < -0.4 is 15.6 Å². The number of aliphatic carboxylic acids is 1. The van der Waals surface area contributed by atoms with Crippen LogP contribution in [0.15, 0.2) is 48.5 Å². The lowest BCUT2D eigenvalue weighted by atomic mass is 10.0. The van der Waals surface area contributed by atoms with Crippen LogP contribution in [0, 0.1) is 0 Å². The van der Waals surface area contributed by atoms with Crippen molar-refractivity contribution in [3.05, 3.63) is 48.5 Å². The fourth-order valence-corrected chi connectivity index (χ4v) is 3.10. The van der Waals surface area contributed by atoms with Crippen LogP contribution in [0.3, 0.4) is 0 Å². The Balaban J connectivity index is 0.000000501. The molecular formula is C20H23N3O7S. The van der Waals surface area contributed by atoms with Crippen molar-refractivity contribution in [2.24, 2.45) is 12.8 Å². The first kappa shape index (κ1) is 24.0. The molecule has 11 heteroatoms. The lowest BCUT2D eigenvalue weighted by Gasteiger charge is -2.18. The molecule has 0 bridgehead atoms. The van der Waals surface area contributed by atoms with E-state index in [1.807, 2.05) is 55.6 Å². The number of aryl methyl sites for hydroxylation is 1. The highest BCUT2D eigenvalue weighted by atomic mass is 32.3. The SMILES string of the molecule is COS(=O)(=O)[O-].C[n+]1c2ccccc2c(NC(CCC(N)=O)C(=O)O)c2ccccc21. The molecule has 4 N–H and O–H groups in total. The molecule has 0 saturated carbocycles. The van der Waals surface area contributed by atoms with Gasteiger partial charge in [0, 0.05) is 18.6 Å². The number of nitrogens with zero attached hydrogens (tertiary/aromatic N) is 1. The number of hydrogen-bond acceptors (Lipinski definition) is 7. The Bertz CT molecular complexity index is 1160. The number of anilines is 1. The molecule has 10 nitrogen and oxygen atoms in total. The van der Waals surface area contributed by atoms with Gasteiger partial charge in [0.05, 0.1) is 23.6 Å². The minimum absolute atomic E-state index is 0.0143. The second-order valence-electron chi connectivity index (χ2n) is 6.58. The van der Waals surface area contributed by atoms with Crippen LogP contribution in [0.4, 0.5) is 5.69 Å².